The monoisotopic (exact) mass is 327 g/mol. The van der Waals surface area contributed by atoms with E-state index in [4.69, 9.17) is 16.3 Å². The zero-order chi connectivity index (χ0) is 13.3. The van der Waals surface area contributed by atoms with Gasteiger partial charge in [-0.15, -0.1) is 0 Å². The van der Waals surface area contributed by atoms with E-state index in [0.29, 0.717) is 17.1 Å². The Morgan fingerprint density at radius 3 is 2.83 bits per heavy atom. The van der Waals surface area contributed by atoms with Gasteiger partial charge in [0.2, 0.25) is 0 Å². The molecule has 0 spiro atoms. The molecular weight excluding hydrogens is 318 g/mol. The van der Waals surface area contributed by atoms with E-state index in [0.717, 1.165) is 15.4 Å². The minimum absolute atomic E-state index is 0.156. The number of nitrogens with zero attached hydrogens (tertiary/aromatic N) is 1. The summed E-state index contributed by atoms with van der Waals surface area (Å²) in [5.41, 5.74) is 1.93. The molecule has 0 bridgehead atoms. The van der Waals surface area contributed by atoms with Crippen LogP contribution in [-0.2, 0) is 4.74 Å². The summed E-state index contributed by atoms with van der Waals surface area (Å²) in [4.78, 5) is 16.0. The number of fused-ring (bicyclic) bond motifs is 1. The van der Waals surface area contributed by atoms with Crippen LogP contribution >= 0.6 is 27.5 Å². The predicted octanol–water partition coefficient (Wildman–Crippen LogP) is 4.14. The Morgan fingerprint density at radius 1 is 1.44 bits per heavy atom. The number of rotatable bonds is 2. The summed E-state index contributed by atoms with van der Waals surface area (Å²) >= 11 is 9.52. The van der Waals surface area contributed by atoms with Crippen molar-refractivity contribution in [3.8, 4) is 0 Å². The summed E-state index contributed by atoms with van der Waals surface area (Å²) in [7, 11) is 0. The molecule has 0 saturated carbocycles. The molecule has 0 aliphatic heterocycles. The molecule has 1 heterocycles. The fourth-order valence-corrected chi connectivity index (χ4v) is 2.59. The van der Waals surface area contributed by atoms with Gasteiger partial charge in [0.15, 0.2) is 5.69 Å². The van der Waals surface area contributed by atoms with E-state index >= 15 is 0 Å². The summed E-state index contributed by atoms with van der Waals surface area (Å²) in [5.74, 6) is -0.498. The van der Waals surface area contributed by atoms with Crippen molar-refractivity contribution in [1.82, 2.24) is 4.98 Å². The van der Waals surface area contributed by atoms with Crippen molar-refractivity contribution in [2.45, 2.75) is 13.8 Å². The van der Waals surface area contributed by atoms with E-state index in [2.05, 4.69) is 20.9 Å². The molecule has 94 valence electrons. The lowest BCUT2D eigenvalue weighted by Crippen LogP contribution is -2.08. The van der Waals surface area contributed by atoms with Crippen LogP contribution in [0.5, 0.6) is 0 Å². The van der Waals surface area contributed by atoms with Crippen LogP contribution in [-0.4, -0.2) is 17.6 Å². The zero-order valence-corrected chi connectivity index (χ0v) is 12.3. The number of carbonyl (C=O) groups is 1. The highest BCUT2D eigenvalue weighted by atomic mass is 79.9. The van der Waals surface area contributed by atoms with Gasteiger partial charge >= 0.3 is 5.97 Å². The number of esters is 1. The van der Waals surface area contributed by atoms with Crippen LogP contribution in [0, 0.1) is 6.92 Å². The van der Waals surface area contributed by atoms with E-state index in [1.807, 2.05) is 19.1 Å². The summed E-state index contributed by atoms with van der Waals surface area (Å²) in [6, 6.07) is 5.60. The standard InChI is InChI=1S/C13H11BrClNO2/c1-3-18-13(17)12-10(15)6-8-9(14)4-7(2)5-11(8)16-12/h4-6H,3H2,1-2H3. The fraction of sp³-hybridized carbons (Fsp3) is 0.231. The number of hydrogen-bond acceptors (Lipinski definition) is 3. The van der Waals surface area contributed by atoms with Gasteiger partial charge in [-0.3, -0.25) is 0 Å². The van der Waals surface area contributed by atoms with Crippen molar-refractivity contribution in [2.75, 3.05) is 6.61 Å². The number of halogens is 2. The van der Waals surface area contributed by atoms with E-state index in [1.165, 1.54) is 0 Å². The first-order valence-corrected chi connectivity index (χ1v) is 6.63. The first-order chi connectivity index (χ1) is 8.52. The number of carbonyl (C=O) groups excluding carboxylic acids is 1. The topological polar surface area (TPSA) is 39.2 Å². The average molecular weight is 329 g/mol. The summed E-state index contributed by atoms with van der Waals surface area (Å²) in [5, 5.41) is 1.17. The van der Waals surface area contributed by atoms with Crippen molar-refractivity contribution in [3.63, 3.8) is 0 Å². The van der Waals surface area contributed by atoms with Gasteiger partial charge in [-0.1, -0.05) is 27.5 Å². The van der Waals surface area contributed by atoms with Crippen molar-refractivity contribution in [3.05, 3.63) is 39.0 Å². The molecular formula is C13H11BrClNO2. The number of aromatic nitrogens is 1. The molecule has 5 heteroatoms. The van der Waals surface area contributed by atoms with Crippen molar-refractivity contribution in [2.24, 2.45) is 0 Å². The highest BCUT2D eigenvalue weighted by molar-refractivity contribution is 9.10. The highest BCUT2D eigenvalue weighted by Crippen LogP contribution is 2.28. The van der Waals surface area contributed by atoms with E-state index in [1.54, 1.807) is 13.0 Å². The molecule has 0 aliphatic rings. The Hall–Kier alpha value is -1.13. The Balaban J connectivity index is 2.64. The van der Waals surface area contributed by atoms with E-state index in [9.17, 15) is 4.79 Å². The van der Waals surface area contributed by atoms with Gasteiger partial charge in [0.1, 0.15) is 0 Å². The highest BCUT2D eigenvalue weighted by Gasteiger charge is 2.15. The van der Waals surface area contributed by atoms with E-state index in [-0.39, 0.29) is 5.69 Å². The zero-order valence-electron chi connectivity index (χ0n) is 9.96. The van der Waals surface area contributed by atoms with Crippen LogP contribution in [0.25, 0.3) is 10.9 Å². The Morgan fingerprint density at radius 2 is 2.17 bits per heavy atom. The lowest BCUT2D eigenvalue weighted by atomic mass is 10.1. The minimum atomic E-state index is -0.498. The molecule has 1 aromatic heterocycles. The molecule has 1 aromatic carbocycles. The SMILES string of the molecule is CCOC(=O)c1nc2cc(C)cc(Br)c2cc1Cl. The summed E-state index contributed by atoms with van der Waals surface area (Å²) in [6.45, 7) is 4.00. The maximum atomic E-state index is 11.7. The molecule has 2 aromatic rings. The second kappa shape index (κ2) is 5.24. The molecule has 0 atom stereocenters. The molecule has 0 saturated heterocycles. The molecule has 0 amide bonds. The predicted molar refractivity (Wildman–Crippen MR) is 75.1 cm³/mol. The van der Waals surface area contributed by atoms with Gasteiger partial charge in [-0.2, -0.15) is 0 Å². The molecule has 0 radical (unpaired) electrons. The lowest BCUT2D eigenvalue weighted by molar-refractivity contribution is 0.0520. The van der Waals surface area contributed by atoms with Crippen molar-refractivity contribution >= 4 is 44.4 Å². The van der Waals surface area contributed by atoms with Gasteiger partial charge in [-0.05, 0) is 37.6 Å². The van der Waals surface area contributed by atoms with Gasteiger partial charge in [0.25, 0.3) is 0 Å². The van der Waals surface area contributed by atoms with Crippen LogP contribution in [0.1, 0.15) is 23.0 Å². The number of benzene rings is 1. The molecule has 0 N–H and O–H groups in total. The van der Waals surface area contributed by atoms with Gasteiger partial charge in [-0.25, -0.2) is 9.78 Å². The Bertz CT molecular complexity index is 628. The normalized spacial score (nSPS) is 10.7. The van der Waals surface area contributed by atoms with Crippen LogP contribution in [0.3, 0.4) is 0 Å². The molecule has 2 rings (SSSR count). The number of ether oxygens (including phenoxy) is 1. The number of pyridine rings is 1. The largest absolute Gasteiger partial charge is 0.461 e. The first-order valence-electron chi connectivity index (χ1n) is 5.46. The maximum absolute atomic E-state index is 11.7. The maximum Gasteiger partial charge on any atom is 0.358 e. The third-order valence-electron chi connectivity index (χ3n) is 2.45. The smallest absolute Gasteiger partial charge is 0.358 e. The van der Waals surface area contributed by atoms with Crippen molar-refractivity contribution < 1.29 is 9.53 Å². The summed E-state index contributed by atoms with van der Waals surface area (Å²) in [6.07, 6.45) is 0. The van der Waals surface area contributed by atoms with Crippen LogP contribution in [0.15, 0.2) is 22.7 Å². The number of hydrogen-bond donors (Lipinski definition) is 0. The molecule has 0 aliphatic carbocycles. The van der Waals surface area contributed by atoms with Gasteiger partial charge < -0.3 is 4.74 Å². The Labute approximate surface area is 118 Å². The van der Waals surface area contributed by atoms with Crippen molar-refractivity contribution in [1.29, 1.82) is 0 Å². The van der Waals surface area contributed by atoms with E-state index < -0.39 is 5.97 Å². The second-order valence-corrected chi connectivity index (χ2v) is 5.11. The quantitative estimate of drug-likeness (QED) is 0.778. The second-order valence-electron chi connectivity index (χ2n) is 3.85. The average Bonchev–Trinajstić information content (AvgIpc) is 2.29. The Kier molecular flexibility index (Phi) is 3.88. The third-order valence-corrected chi connectivity index (χ3v) is 3.39. The van der Waals surface area contributed by atoms with Crippen LogP contribution < -0.4 is 0 Å². The lowest BCUT2D eigenvalue weighted by Gasteiger charge is -2.07. The molecule has 18 heavy (non-hydrogen) atoms. The van der Waals surface area contributed by atoms with Crippen LogP contribution in [0.4, 0.5) is 0 Å². The third kappa shape index (κ3) is 2.49. The first kappa shape index (κ1) is 13.3. The minimum Gasteiger partial charge on any atom is -0.461 e. The molecule has 0 fully saturated rings. The molecule has 3 nitrogen and oxygen atoms in total. The van der Waals surface area contributed by atoms with Crippen LogP contribution in [0.2, 0.25) is 5.02 Å². The number of aryl methyl sites for hydroxylation is 1. The summed E-state index contributed by atoms with van der Waals surface area (Å²) < 4.78 is 5.83. The fourth-order valence-electron chi connectivity index (χ4n) is 1.68. The van der Waals surface area contributed by atoms with Gasteiger partial charge in [0.05, 0.1) is 17.1 Å². The van der Waals surface area contributed by atoms with Gasteiger partial charge in [0, 0.05) is 9.86 Å². The molecule has 0 unspecified atom stereocenters.